The molecule has 1 unspecified atom stereocenters. The van der Waals surface area contributed by atoms with E-state index >= 15 is 0 Å². The van der Waals surface area contributed by atoms with Crippen molar-refractivity contribution in [2.24, 2.45) is 0 Å². The Hall–Kier alpha value is -4.23. The lowest BCUT2D eigenvalue weighted by Gasteiger charge is -2.12. The number of anilines is 1. The molecule has 4 rings (SSSR count). The van der Waals surface area contributed by atoms with E-state index in [1.54, 1.807) is 0 Å². The predicted octanol–water partition coefficient (Wildman–Crippen LogP) is 2.50. The molecule has 182 valence electrons. The van der Waals surface area contributed by atoms with Gasteiger partial charge in [0.15, 0.2) is 11.3 Å². The van der Waals surface area contributed by atoms with E-state index in [2.05, 4.69) is 20.4 Å². The van der Waals surface area contributed by atoms with Crippen LogP contribution in [0.25, 0.3) is 16.9 Å². The number of aromatic hydroxyl groups is 1. The van der Waals surface area contributed by atoms with E-state index in [4.69, 9.17) is 9.84 Å². The van der Waals surface area contributed by atoms with Gasteiger partial charge >= 0.3 is 6.18 Å². The first-order valence-corrected chi connectivity index (χ1v) is 10.1. The summed E-state index contributed by atoms with van der Waals surface area (Å²) < 4.78 is 46.5. The SMILES string of the molecule is O=C(Nc1cccc(OCC(O)CO)n1)c1c(O)nc2ccc(-c3ccccc3C(F)(F)F)nn12. The lowest BCUT2D eigenvalue weighted by atomic mass is 10.0. The highest BCUT2D eigenvalue weighted by Gasteiger charge is 2.34. The Morgan fingerprint density at radius 1 is 1.09 bits per heavy atom. The first-order chi connectivity index (χ1) is 16.7. The minimum absolute atomic E-state index is 0.0129. The Morgan fingerprint density at radius 2 is 1.86 bits per heavy atom. The van der Waals surface area contributed by atoms with Gasteiger partial charge in [0.25, 0.3) is 5.91 Å². The van der Waals surface area contributed by atoms with Crippen LogP contribution in [0.2, 0.25) is 0 Å². The van der Waals surface area contributed by atoms with Crippen molar-refractivity contribution >= 4 is 17.4 Å². The van der Waals surface area contributed by atoms with Crippen molar-refractivity contribution in [3.8, 4) is 23.0 Å². The van der Waals surface area contributed by atoms with Crippen molar-refractivity contribution < 1.29 is 38.0 Å². The van der Waals surface area contributed by atoms with E-state index in [-0.39, 0.29) is 35.2 Å². The van der Waals surface area contributed by atoms with Gasteiger partial charge in [0.05, 0.1) is 17.9 Å². The van der Waals surface area contributed by atoms with Gasteiger partial charge < -0.3 is 25.4 Å². The molecule has 4 aromatic rings. The van der Waals surface area contributed by atoms with Crippen LogP contribution in [-0.2, 0) is 6.18 Å². The van der Waals surface area contributed by atoms with Gasteiger partial charge in [0, 0.05) is 11.6 Å². The number of aromatic nitrogens is 4. The van der Waals surface area contributed by atoms with Gasteiger partial charge in [0.2, 0.25) is 11.8 Å². The smallest absolute Gasteiger partial charge is 0.417 e. The molecule has 0 spiro atoms. The summed E-state index contributed by atoms with van der Waals surface area (Å²) in [6.07, 6.45) is -5.75. The molecule has 0 saturated heterocycles. The van der Waals surface area contributed by atoms with Crippen molar-refractivity contribution in [1.29, 1.82) is 0 Å². The molecule has 1 aromatic carbocycles. The Morgan fingerprint density at radius 3 is 2.60 bits per heavy atom. The number of pyridine rings is 1. The summed E-state index contributed by atoms with van der Waals surface area (Å²) in [5.41, 5.74) is -1.60. The van der Waals surface area contributed by atoms with Crippen LogP contribution in [0.4, 0.5) is 19.0 Å². The lowest BCUT2D eigenvalue weighted by Crippen LogP contribution is -2.22. The Labute approximate surface area is 195 Å². The maximum absolute atomic E-state index is 13.5. The number of rotatable bonds is 7. The molecule has 3 aromatic heterocycles. The number of hydrogen-bond donors (Lipinski definition) is 4. The standard InChI is InChI=1S/C22H18F3N5O5/c23-22(24,25)14-5-2-1-4-13(14)15-8-9-17-28-21(34)19(30(17)29-15)20(33)27-16-6-3-7-18(26-16)35-11-12(32)10-31/h1-9,12,31-32,34H,10-11H2,(H,26,27,33). The van der Waals surface area contributed by atoms with Crippen LogP contribution in [0.5, 0.6) is 11.8 Å². The maximum atomic E-state index is 13.5. The highest BCUT2D eigenvalue weighted by molar-refractivity contribution is 6.04. The number of nitrogens with zero attached hydrogens (tertiary/aromatic N) is 4. The molecular formula is C22H18F3N5O5. The van der Waals surface area contributed by atoms with E-state index in [9.17, 15) is 28.2 Å². The van der Waals surface area contributed by atoms with Crippen molar-refractivity contribution in [2.75, 3.05) is 18.5 Å². The molecule has 1 amide bonds. The van der Waals surface area contributed by atoms with E-state index in [1.165, 1.54) is 48.5 Å². The monoisotopic (exact) mass is 489 g/mol. The number of amides is 1. The number of aliphatic hydroxyl groups excluding tert-OH is 2. The molecule has 10 nitrogen and oxygen atoms in total. The van der Waals surface area contributed by atoms with Gasteiger partial charge in [-0.05, 0) is 24.3 Å². The zero-order valence-electron chi connectivity index (χ0n) is 17.8. The third-order valence-corrected chi connectivity index (χ3v) is 4.78. The highest BCUT2D eigenvalue weighted by atomic mass is 19.4. The summed E-state index contributed by atoms with van der Waals surface area (Å²) in [6, 6.07) is 11.8. The van der Waals surface area contributed by atoms with Gasteiger partial charge in [-0.2, -0.15) is 28.2 Å². The molecule has 0 bridgehead atoms. The average Bonchev–Trinajstić information content (AvgIpc) is 3.17. The number of carbonyl (C=O) groups excluding carboxylic acids is 1. The summed E-state index contributed by atoms with van der Waals surface area (Å²) in [5.74, 6) is -1.51. The summed E-state index contributed by atoms with van der Waals surface area (Å²) in [6.45, 7) is -0.743. The molecule has 0 radical (unpaired) electrons. The zero-order chi connectivity index (χ0) is 25.2. The fraction of sp³-hybridized carbons (Fsp3) is 0.182. The number of hydrogen-bond acceptors (Lipinski definition) is 8. The van der Waals surface area contributed by atoms with E-state index in [0.717, 1.165) is 10.6 Å². The van der Waals surface area contributed by atoms with Gasteiger partial charge in [-0.3, -0.25) is 4.79 Å². The van der Waals surface area contributed by atoms with E-state index in [0.29, 0.717) is 0 Å². The quantitative estimate of drug-likeness (QED) is 0.310. The normalized spacial score (nSPS) is 12.5. The molecule has 0 saturated carbocycles. The van der Waals surface area contributed by atoms with Crippen molar-refractivity contribution in [1.82, 2.24) is 19.6 Å². The number of aliphatic hydroxyl groups is 2. The van der Waals surface area contributed by atoms with Crippen molar-refractivity contribution in [3.63, 3.8) is 0 Å². The van der Waals surface area contributed by atoms with Crippen molar-refractivity contribution in [3.05, 3.63) is 65.9 Å². The van der Waals surface area contributed by atoms with Gasteiger partial charge in [-0.25, -0.2) is 4.52 Å². The lowest BCUT2D eigenvalue weighted by molar-refractivity contribution is -0.137. The number of alkyl halides is 3. The zero-order valence-corrected chi connectivity index (χ0v) is 17.8. The highest BCUT2D eigenvalue weighted by Crippen LogP contribution is 2.36. The Kier molecular flexibility index (Phi) is 6.53. The summed E-state index contributed by atoms with van der Waals surface area (Å²) >= 11 is 0. The second-order valence-corrected chi connectivity index (χ2v) is 7.28. The maximum Gasteiger partial charge on any atom is 0.417 e. The van der Waals surface area contributed by atoms with Gasteiger partial charge in [0.1, 0.15) is 18.5 Å². The number of nitrogens with one attached hydrogen (secondary N) is 1. The van der Waals surface area contributed by atoms with Gasteiger partial charge in [-0.15, -0.1) is 0 Å². The molecule has 0 aliphatic rings. The number of fused-ring (bicyclic) bond motifs is 1. The molecule has 35 heavy (non-hydrogen) atoms. The average molecular weight is 489 g/mol. The van der Waals surface area contributed by atoms with Crippen LogP contribution in [-0.4, -0.2) is 60.1 Å². The number of imidazole rings is 1. The first kappa shape index (κ1) is 23.9. The minimum Gasteiger partial charge on any atom is -0.492 e. The topological polar surface area (TPSA) is 142 Å². The van der Waals surface area contributed by atoms with Gasteiger partial charge in [-0.1, -0.05) is 24.3 Å². The van der Waals surface area contributed by atoms with Crippen molar-refractivity contribution in [2.45, 2.75) is 12.3 Å². The molecule has 0 aliphatic heterocycles. The fourth-order valence-electron chi connectivity index (χ4n) is 3.19. The van der Waals surface area contributed by atoms with Crippen LogP contribution in [0.3, 0.4) is 0 Å². The third kappa shape index (κ3) is 5.15. The molecule has 0 fully saturated rings. The Balaban J connectivity index is 1.66. The number of carbonyl (C=O) groups is 1. The molecule has 3 heterocycles. The minimum atomic E-state index is -4.63. The summed E-state index contributed by atoms with van der Waals surface area (Å²) in [5, 5.41) is 35.0. The third-order valence-electron chi connectivity index (χ3n) is 4.78. The predicted molar refractivity (Wildman–Crippen MR) is 116 cm³/mol. The van der Waals surface area contributed by atoms with Crippen LogP contribution >= 0.6 is 0 Å². The molecule has 1 atom stereocenters. The fourth-order valence-corrected chi connectivity index (χ4v) is 3.19. The van der Waals surface area contributed by atoms with Crippen LogP contribution in [0.15, 0.2) is 54.6 Å². The van der Waals surface area contributed by atoms with Crippen LogP contribution < -0.4 is 10.1 Å². The second-order valence-electron chi connectivity index (χ2n) is 7.28. The second kappa shape index (κ2) is 9.56. The molecular weight excluding hydrogens is 471 g/mol. The number of ether oxygens (including phenoxy) is 1. The first-order valence-electron chi connectivity index (χ1n) is 10.1. The van der Waals surface area contributed by atoms with E-state index < -0.39 is 41.9 Å². The van der Waals surface area contributed by atoms with Crippen LogP contribution in [0.1, 0.15) is 16.1 Å². The number of benzene rings is 1. The number of halogens is 3. The van der Waals surface area contributed by atoms with Crippen LogP contribution in [0, 0.1) is 0 Å². The Bertz CT molecular complexity index is 1380. The molecule has 4 N–H and O–H groups in total. The van der Waals surface area contributed by atoms with E-state index in [1.807, 2.05) is 0 Å². The molecule has 13 heteroatoms. The largest absolute Gasteiger partial charge is 0.492 e. The summed E-state index contributed by atoms with van der Waals surface area (Å²) in [7, 11) is 0. The summed E-state index contributed by atoms with van der Waals surface area (Å²) in [4.78, 5) is 20.8. The molecule has 0 aliphatic carbocycles.